The van der Waals surface area contributed by atoms with Crippen LogP contribution in [0.2, 0.25) is 0 Å². The van der Waals surface area contributed by atoms with Crippen molar-refractivity contribution in [3.8, 4) is 0 Å². The minimum absolute atomic E-state index is 0.136. The molecule has 0 bridgehead atoms. The van der Waals surface area contributed by atoms with Gasteiger partial charge in [0.05, 0.1) is 0 Å². The van der Waals surface area contributed by atoms with E-state index >= 15 is 0 Å². The lowest BCUT2D eigenvalue weighted by Crippen LogP contribution is -2.52. The third-order valence-corrected chi connectivity index (χ3v) is 5.62. The Labute approximate surface area is 176 Å². The van der Waals surface area contributed by atoms with E-state index in [4.69, 9.17) is 9.47 Å². The zero-order valence-corrected chi connectivity index (χ0v) is 18.3. The first kappa shape index (κ1) is 26.1. The van der Waals surface area contributed by atoms with E-state index in [1.165, 1.54) is 70.6 Å². The van der Waals surface area contributed by atoms with Crippen LogP contribution in [0, 0.1) is 0 Å². The average Bonchev–Trinajstić information content (AvgIpc) is 2.71. The summed E-state index contributed by atoms with van der Waals surface area (Å²) >= 11 is 0. The van der Waals surface area contributed by atoms with Crippen LogP contribution in [0.25, 0.3) is 0 Å². The van der Waals surface area contributed by atoms with Gasteiger partial charge in [0.15, 0.2) is 5.78 Å². The van der Waals surface area contributed by atoms with E-state index < -0.39 is 24.1 Å². The molecule has 1 fully saturated rings. The predicted molar refractivity (Wildman–Crippen MR) is 113 cm³/mol. The molecule has 1 aliphatic heterocycles. The van der Waals surface area contributed by atoms with E-state index in [2.05, 4.69) is 6.92 Å². The SMILES string of the molecule is CCCCCCCCCCCCCCCCC(=O)OC[C@H]1OCC(=O)[C@@H](O)[C@@H]1O. The van der Waals surface area contributed by atoms with Gasteiger partial charge >= 0.3 is 5.97 Å². The Morgan fingerprint density at radius 3 is 1.90 bits per heavy atom. The van der Waals surface area contributed by atoms with Crippen molar-refractivity contribution >= 4 is 11.8 Å². The van der Waals surface area contributed by atoms with E-state index in [1.807, 2.05) is 0 Å². The summed E-state index contributed by atoms with van der Waals surface area (Å²) in [6.07, 6.45) is 14.4. The second kappa shape index (κ2) is 16.8. The summed E-state index contributed by atoms with van der Waals surface area (Å²) < 4.78 is 10.2. The van der Waals surface area contributed by atoms with Gasteiger partial charge in [0.25, 0.3) is 0 Å². The van der Waals surface area contributed by atoms with Gasteiger partial charge in [-0.15, -0.1) is 0 Å². The highest BCUT2D eigenvalue weighted by molar-refractivity contribution is 5.85. The van der Waals surface area contributed by atoms with Crippen molar-refractivity contribution in [1.82, 2.24) is 0 Å². The topological polar surface area (TPSA) is 93.1 Å². The van der Waals surface area contributed by atoms with Crippen molar-refractivity contribution in [2.24, 2.45) is 0 Å². The van der Waals surface area contributed by atoms with E-state index in [0.717, 1.165) is 19.3 Å². The average molecular weight is 415 g/mol. The molecule has 1 aliphatic rings. The zero-order chi connectivity index (χ0) is 21.3. The van der Waals surface area contributed by atoms with Gasteiger partial charge in [0, 0.05) is 6.42 Å². The molecule has 3 atom stereocenters. The van der Waals surface area contributed by atoms with E-state index in [1.54, 1.807) is 0 Å². The molecule has 1 rings (SSSR count). The van der Waals surface area contributed by atoms with Crippen molar-refractivity contribution < 1.29 is 29.3 Å². The standard InChI is InChI=1S/C23H42O6/c1-2-3-4-5-6-7-8-9-10-11-12-13-14-15-16-21(25)29-18-20-23(27)22(26)19(24)17-28-20/h20,22-23,26-27H,2-18H2,1H3/t20-,22-,23-/m1/s1. The van der Waals surface area contributed by atoms with Crippen molar-refractivity contribution in [2.75, 3.05) is 13.2 Å². The number of esters is 1. The summed E-state index contributed by atoms with van der Waals surface area (Å²) in [5.74, 6) is -0.881. The minimum atomic E-state index is -1.46. The molecule has 2 N–H and O–H groups in total. The molecule has 0 saturated carbocycles. The molecule has 0 aliphatic carbocycles. The maximum absolute atomic E-state index is 11.8. The smallest absolute Gasteiger partial charge is 0.305 e. The largest absolute Gasteiger partial charge is 0.463 e. The highest BCUT2D eigenvalue weighted by atomic mass is 16.6. The minimum Gasteiger partial charge on any atom is -0.463 e. The first-order valence-electron chi connectivity index (χ1n) is 11.7. The number of aliphatic hydroxyl groups is 2. The van der Waals surface area contributed by atoms with Crippen LogP contribution >= 0.6 is 0 Å². The maximum Gasteiger partial charge on any atom is 0.305 e. The maximum atomic E-state index is 11.8. The fourth-order valence-electron chi connectivity index (χ4n) is 3.62. The summed E-state index contributed by atoms with van der Waals surface area (Å²) in [5, 5.41) is 19.2. The summed E-state index contributed by atoms with van der Waals surface area (Å²) in [6.45, 7) is 1.85. The Bertz CT molecular complexity index is 439. The zero-order valence-electron chi connectivity index (χ0n) is 18.3. The van der Waals surface area contributed by atoms with Crippen LogP contribution in [-0.2, 0) is 19.1 Å². The van der Waals surface area contributed by atoms with Gasteiger partial charge in [-0.25, -0.2) is 0 Å². The molecule has 0 aromatic rings. The highest BCUT2D eigenvalue weighted by Gasteiger charge is 2.37. The molecular weight excluding hydrogens is 372 g/mol. The lowest BCUT2D eigenvalue weighted by molar-refractivity contribution is -0.177. The van der Waals surface area contributed by atoms with Crippen molar-refractivity contribution in [1.29, 1.82) is 0 Å². The Kier molecular flexibility index (Phi) is 15.1. The molecule has 6 nitrogen and oxygen atoms in total. The lowest BCUT2D eigenvalue weighted by Gasteiger charge is -2.30. The Balaban J connectivity index is 1.86. The van der Waals surface area contributed by atoms with Gasteiger partial charge in [-0.2, -0.15) is 0 Å². The molecule has 6 heteroatoms. The number of hydrogen-bond acceptors (Lipinski definition) is 6. The monoisotopic (exact) mass is 414 g/mol. The fourth-order valence-corrected chi connectivity index (χ4v) is 3.62. The number of rotatable bonds is 17. The summed E-state index contributed by atoms with van der Waals surface area (Å²) in [4.78, 5) is 23.0. The van der Waals surface area contributed by atoms with E-state index in [0.29, 0.717) is 6.42 Å². The van der Waals surface area contributed by atoms with Crippen LogP contribution < -0.4 is 0 Å². The van der Waals surface area contributed by atoms with Crippen LogP contribution in [0.3, 0.4) is 0 Å². The normalized spacial score (nSPS) is 22.0. The second-order valence-corrected chi connectivity index (χ2v) is 8.28. The highest BCUT2D eigenvalue weighted by Crippen LogP contribution is 2.15. The molecule has 0 unspecified atom stereocenters. The number of carbonyl (C=O) groups excluding carboxylic acids is 2. The van der Waals surface area contributed by atoms with Gasteiger partial charge in [0.2, 0.25) is 0 Å². The van der Waals surface area contributed by atoms with Gasteiger partial charge in [-0.3, -0.25) is 9.59 Å². The molecule has 29 heavy (non-hydrogen) atoms. The van der Waals surface area contributed by atoms with E-state index in [9.17, 15) is 19.8 Å². The lowest BCUT2D eigenvalue weighted by atomic mass is 10.0. The second-order valence-electron chi connectivity index (χ2n) is 8.28. The van der Waals surface area contributed by atoms with Crippen LogP contribution in [-0.4, -0.2) is 53.5 Å². The van der Waals surface area contributed by atoms with Gasteiger partial charge in [-0.1, -0.05) is 90.4 Å². The molecule has 1 heterocycles. The van der Waals surface area contributed by atoms with Crippen molar-refractivity contribution in [3.63, 3.8) is 0 Å². The number of ether oxygens (including phenoxy) is 2. The number of hydrogen-bond donors (Lipinski definition) is 2. The van der Waals surface area contributed by atoms with Crippen LogP contribution in [0.1, 0.15) is 103 Å². The van der Waals surface area contributed by atoms with Gasteiger partial charge in [-0.05, 0) is 6.42 Å². The summed E-state index contributed by atoms with van der Waals surface area (Å²) in [5.41, 5.74) is 0. The fraction of sp³-hybridized carbons (Fsp3) is 0.913. The van der Waals surface area contributed by atoms with E-state index in [-0.39, 0.29) is 19.2 Å². The predicted octanol–water partition coefficient (Wildman–Crippen LogP) is 4.09. The van der Waals surface area contributed by atoms with Crippen LogP contribution in [0.15, 0.2) is 0 Å². The number of ketones is 1. The Hall–Kier alpha value is -0.980. The first-order chi connectivity index (χ1) is 14.1. The quantitative estimate of drug-likeness (QED) is 0.275. The Morgan fingerprint density at radius 2 is 1.38 bits per heavy atom. The van der Waals surface area contributed by atoms with Gasteiger partial charge in [0.1, 0.15) is 31.5 Å². The molecule has 0 aromatic heterocycles. The molecule has 0 amide bonds. The molecular formula is C23H42O6. The first-order valence-corrected chi connectivity index (χ1v) is 11.7. The van der Waals surface area contributed by atoms with Crippen molar-refractivity contribution in [2.45, 2.75) is 122 Å². The molecule has 0 aromatic carbocycles. The van der Waals surface area contributed by atoms with Crippen LogP contribution in [0.4, 0.5) is 0 Å². The number of Topliss-reactive ketones (excluding diaryl/α,β-unsaturated/α-hetero) is 1. The van der Waals surface area contributed by atoms with Gasteiger partial charge < -0.3 is 19.7 Å². The summed E-state index contributed by atoms with van der Waals surface area (Å²) in [6, 6.07) is 0. The molecule has 1 saturated heterocycles. The summed E-state index contributed by atoms with van der Waals surface area (Å²) in [7, 11) is 0. The van der Waals surface area contributed by atoms with Crippen LogP contribution in [0.5, 0.6) is 0 Å². The van der Waals surface area contributed by atoms with Crippen molar-refractivity contribution in [3.05, 3.63) is 0 Å². The number of carbonyl (C=O) groups is 2. The third-order valence-electron chi connectivity index (χ3n) is 5.62. The molecule has 170 valence electrons. The Morgan fingerprint density at radius 1 is 0.897 bits per heavy atom. The molecule has 0 radical (unpaired) electrons. The number of aliphatic hydroxyl groups excluding tert-OH is 2. The third kappa shape index (κ3) is 12.3. The molecule has 0 spiro atoms. The number of unbranched alkanes of at least 4 members (excludes halogenated alkanes) is 13.